The number of hydrogen-bond donors (Lipinski definition) is 1. The number of carbonyl (C=O) groups excluding carboxylic acids is 2. The van der Waals surface area contributed by atoms with Crippen LogP contribution in [0.2, 0.25) is 0 Å². The van der Waals surface area contributed by atoms with E-state index in [1.165, 1.54) is 14.7 Å². The van der Waals surface area contributed by atoms with Gasteiger partial charge in [0, 0.05) is 17.5 Å². The largest absolute Gasteiger partial charge is 0.491 e. The van der Waals surface area contributed by atoms with E-state index >= 15 is 0 Å². The van der Waals surface area contributed by atoms with Crippen LogP contribution in [0.25, 0.3) is 0 Å². The molecule has 3 aromatic carbocycles. The van der Waals surface area contributed by atoms with Crippen LogP contribution in [0.3, 0.4) is 0 Å². The molecule has 2 unspecified atom stereocenters. The summed E-state index contributed by atoms with van der Waals surface area (Å²) in [6, 6.07) is 25.6. The second-order valence-corrected chi connectivity index (χ2v) is 13.1. The molecule has 2 fully saturated rings. The fourth-order valence-corrected chi connectivity index (χ4v) is 8.25. The predicted octanol–water partition coefficient (Wildman–Crippen LogP) is 6.02. The van der Waals surface area contributed by atoms with E-state index < -0.39 is 16.4 Å². The van der Waals surface area contributed by atoms with Gasteiger partial charge in [-0.25, -0.2) is 0 Å². The van der Waals surface area contributed by atoms with Crippen molar-refractivity contribution in [3.63, 3.8) is 0 Å². The first kappa shape index (κ1) is 26.4. The number of hydrogen-bond acceptors (Lipinski definition) is 4. The smallest absolute Gasteiger partial charge is 0.313 e. The quantitative estimate of drug-likeness (QED) is 0.220. The summed E-state index contributed by atoms with van der Waals surface area (Å²) in [6.07, 6.45) is 1.22. The lowest BCUT2D eigenvalue weighted by atomic mass is 9.66. The Morgan fingerprint density at radius 1 is 0.895 bits per heavy atom. The lowest BCUT2D eigenvalue weighted by Crippen LogP contribution is -2.54. The average molecular weight is 531 g/mol. The number of benzene rings is 3. The molecule has 0 spiro atoms. The summed E-state index contributed by atoms with van der Waals surface area (Å²) in [5.41, 5.74) is -0.148. The molecule has 2 bridgehead atoms. The van der Waals surface area contributed by atoms with Crippen molar-refractivity contribution in [3.8, 4) is 5.75 Å². The first-order valence-electron chi connectivity index (χ1n) is 13.2. The molecule has 2 aliphatic rings. The molecule has 0 aromatic heterocycles. The Morgan fingerprint density at radius 3 is 1.92 bits per heavy atom. The molecule has 1 saturated carbocycles. The lowest BCUT2D eigenvalue weighted by molar-refractivity contribution is -0.168. The van der Waals surface area contributed by atoms with E-state index in [2.05, 4.69) is 79.8 Å². The third-order valence-electron chi connectivity index (χ3n) is 8.71. The number of aryl methyl sites for hydroxylation is 2. The van der Waals surface area contributed by atoms with Gasteiger partial charge in [-0.1, -0.05) is 50.2 Å². The van der Waals surface area contributed by atoms with Crippen LogP contribution in [0.5, 0.6) is 5.75 Å². The van der Waals surface area contributed by atoms with Crippen molar-refractivity contribution in [2.75, 3.05) is 13.2 Å². The molecule has 2 atom stereocenters. The van der Waals surface area contributed by atoms with Crippen molar-refractivity contribution >= 4 is 22.8 Å². The van der Waals surface area contributed by atoms with Crippen molar-refractivity contribution in [2.24, 2.45) is 10.8 Å². The average Bonchev–Trinajstić information content (AvgIpc) is 3.19. The van der Waals surface area contributed by atoms with E-state index in [0.29, 0.717) is 26.0 Å². The number of carbonyl (C=O) groups is 2. The monoisotopic (exact) mass is 530 g/mol. The first-order valence-corrected chi connectivity index (χ1v) is 14.4. The summed E-state index contributed by atoms with van der Waals surface area (Å²) in [5, 5.41) is 2.98. The zero-order valence-electron chi connectivity index (χ0n) is 22.8. The molecular formula is C32H36NO4S+. The van der Waals surface area contributed by atoms with Gasteiger partial charge >= 0.3 is 5.97 Å². The lowest BCUT2D eigenvalue weighted by Gasteiger charge is -2.35. The Balaban J connectivity index is 1.28. The van der Waals surface area contributed by atoms with Gasteiger partial charge in [-0.2, -0.15) is 0 Å². The molecule has 6 heteroatoms. The van der Waals surface area contributed by atoms with Crippen LogP contribution < -0.4 is 10.1 Å². The molecule has 1 N–H and O–H groups in total. The van der Waals surface area contributed by atoms with Gasteiger partial charge in [0.1, 0.15) is 12.4 Å². The maximum absolute atomic E-state index is 13.2. The predicted molar refractivity (Wildman–Crippen MR) is 149 cm³/mol. The van der Waals surface area contributed by atoms with Crippen molar-refractivity contribution in [1.82, 2.24) is 5.32 Å². The Labute approximate surface area is 228 Å². The van der Waals surface area contributed by atoms with Crippen molar-refractivity contribution in [1.29, 1.82) is 0 Å². The maximum Gasteiger partial charge on any atom is 0.313 e. The molecule has 0 radical (unpaired) electrons. The summed E-state index contributed by atoms with van der Waals surface area (Å²) in [5.74, 6) is 0.350. The van der Waals surface area contributed by atoms with Gasteiger partial charge in [0.15, 0.2) is 20.3 Å². The molecule has 198 valence electrons. The number of fused-ring (bicyclic) bond motifs is 2. The van der Waals surface area contributed by atoms with Crippen LogP contribution in [0.4, 0.5) is 0 Å². The van der Waals surface area contributed by atoms with E-state index in [0.717, 1.165) is 16.9 Å². The van der Waals surface area contributed by atoms with Crippen molar-refractivity contribution in [3.05, 3.63) is 83.9 Å². The van der Waals surface area contributed by atoms with Crippen molar-refractivity contribution in [2.45, 2.75) is 67.7 Å². The number of rotatable bonds is 8. The summed E-state index contributed by atoms with van der Waals surface area (Å²) >= 11 is 0. The normalized spacial score (nSPS) is 23.4. The molecule has 1 saturated heterocycles. The van der Waals surface area contributed by atoms with Gasteiger partial charge < -0.3 is 14.8 Å². The van der Waals surface area contributed by atoms with E-state index in [4.69, 9.17) is 9.47 Å². The fourth-order valence-electron chi connectivity index (χ4n) is 5.98. The number of nitrogens with one attached hydrogen (secondary N) is 1. The maximum atomic E-state index is 13.2. The molecule has 5 rings (SSSR count). The Bertz CT molecular complexity index is 1290. The first-order chi connectivity index (χ1) is 18.1. The highest BCUT2D eigenvalue weighted by Crippen LogP contribution is 2.65. The SMILES string of the molecule is Cc1cc([S+](c2ccccc2)c2ccccc2)cc(C)c1OCCNC(=O)C12CCC(C)(C(=O)O1)C2(C)C. The third-order valence-corrected chi connectivity index (χ3v) is 10.9. The Hall–Kier alpha value is -3.25. The van der Waals surface area contributed by atoms with Gasteiger partial charge in [0.25, 0.3) is 5.91 Å². The van der Waals surface area contributed by atoms with E-state index in [1.807, 2.05) is 32.9 Å². The fraction of sp³-hybridized carbons (Fsp3) is 0.375. The second-order valence-electron chi connectivity index (χ2n) is 11.1. The van der Waals surface area contributed by atoms with E-state index in [9.17, 15) is 9.59 Å². The van der Waals surface area contributed by atoms with Gasteiger partial charge in [0.2, 0.25) is 0 Å². The van der Waals surface area contributed by atoms with Gasteiger partial charge in [-0.05, 0) is 69.0 Å². The van der Waals surface area contributed by atoms with E-state index in [1.54, 1.807) is 0 Å². The highest BCUT2D eigenvalue weighted by atomic mass is 32.2. The second kappa shape index (κ2) is 9.81. The Morgan fingerprint density at radius 2 is 1.45 bits per heavy atom. The van der Waals surface area contributed by atoms with Crippen LogP contribution >= 0.6 is 0 Å². The summed E-state index contributed by atoms with van der Waals surface area (Å²) in [7, 11) is -0.228. The molecule has 38 heavy (non-hydrogen) atoms. The van der Waals surface area contributed by atoms with Crippen molar-refractivity contribution < 1.29 is 19.1 Å². The minimum Gasteiger partial charge on any atom is -0.491 e. The zero-order chi connectivity index (χ0) is 27.1. The minimum atomic E-state index is -1.10. The molecule has 5 nitrogen and oxygen atoms in total. The van der Waals surface area contributed by atoms with Crippen LogP contribution in [0.1, 0.15) is 44.7 Å². The number of esters is 1. The van der Waals surface area contributed by atoms with Gasteiger partial charge in [-0.15, -0.1) is 0 Å². The molecule has 3 aromatic rings. The van der Waals surface area contributed by atoms with Crippen LogP contribution in [0, 0.1) is 24.7 Å². The molecule has 1 aliphatic heterocycles. The van der Waals surface area contributed by atoms with Crippen LogP contribution in [0.15, 0.2) is 87.5 Å². The van der Waals surface area contributed by atoms with Crippen LogP contribution in [-0.2, 0) is 25.2 Å². The summed E-state index contributed by atoms with van der Waals surface area (Å²) in [6.45, 7) is 10.7. The molecule has 1 heterocycles. The third kappa shape index (κ3) is 4.10. The molecule has 1 aliphatic carbocycles. The highest BCUT2D eigenvalue weighted by molar-refractivity contribution is 7.97. The van der Waals surface area contributed by atoms with E-state index in [-0.39, 0.29) is 22.8 Å². The minimum absolute atomic E-state index is 0.223. The molecule has 1 amide bonds. The number of amides is 1. The summed E-state index contributed by atoms with van der Waals surface area (Å²) in [4.78, 5) is 29.5. The highest BCUT2D eigenvalue weighted by Gasteiger charge is 2.75. The van der Waals surface area contributed by atoms with Crippen LogP contribution in [-0.4, -0.2) is 30.6 Å². The van der Waals surface area contributed by atoms with Gasteiger partial charge in [0.05, 0.1) is 22.9 Å². The topological polar surface area (TPSA) is 64.6 Å². The Kier molecular flexibility index (Phi) is 6.80. The molecular weight excluding hydrogens is 494 g/mol. The number of ether oxygens (including phenoxy) is 2. The van der Waals surface area contributed by atoms with Gasteiger partial charge in [-0.3, -0.25) is 9.59 Å². The summed E-state index contributed by atoms with van der Waals surface area (Å²) < 4.78 is 11.9. The zero-order valence-corrected chi connectivity index (χ0v) is 23.6. The standard InChI is InChI=1S/C32H35NO4S/c1-22-20-26(38(24-12-8-6-9-13-24)25-14-10-7-11-15-25)21-23(2)27(22)36-19-18-33-28(34)32-17-16-31(5,29(35)37-32)30(32,3)4/h6-15,20-21H,16-19H2,1-5H3/p+1.